The largest absolute Gasteiger partial charge is 0.462 e. The second-order valence-corrected chi connectivity index (χ2v) is 20.9. The molecule has 64 heavy (non-hydrogen) atoms. The first kappa shape index (κ1) is 62.4. The molecule has 6 heteroatoms. The van der Waals surface area contributed by atoms with Gasteiger partial charge in [-0.15, -0.1) is 0 Å². The Morgan fingerprint density at radius 2 is 0.516 bits per heavy atom. The molecule has 0 rings (SSSR count). The average Bonchev–Trinajstić information content (AvgIpc) is 3.27. The monoisotopic (exact) mass is 905 g/mol. The number of carbonyl (C=O) groups is 3. The molecular weight excluding hydrogens is 793 g/mol. The molecule has 0 aromatic carbocycles. The summed E-state index contributed by atoms with van der Waals surface area (Å²) in [5.74, 6) is 0.821. The minimum absolute atomic E-state index is 0.0629. The van der Waals surface area contributed by atoms with Crippen LogP contribution in [-0.2, 0) is 28.6 Å². The molecule has 0 saturated heterocycles. The summed E-state index contributed by atoms with van der Waals surface area (Å²) in [6.45, 7) is 11.4. The van der Waals surface area contributed by atoms with E-state index in [0.717, 1.165) is 69.6 Å². The summed E-state index contributed by atoms with van der Waals surface area (Å²) in [6.07, 6.45) is 53.8. The van der Waals surface area contributed by atoms with Gasteiger partial charge in [0.25, 0.3) is 0 Å². The van der Waals surface area contributed by atoms with Crippen molar-refractivity contribution >= 4 is 17.9 Å². The van der Waals surface area contributed by atoms with Gasteiger partial charge in [-0.2, -0.15) is 0 Å². The second kappa shape index (κ2) is 50.8. The van der Waals surface area contributed by atoms with Crippen LogP contribution in [0.25, 0.3) is 0 Å². The minimum atomic E-state index is -0.763. The molecule has 0 fully saturated rings. The molecule has 0 bridgehead atoms. The third-order valence-corrected chi connectivity index (χ3v) is 13.2. The molecule has 0 aliphatic carbocycles. The molecule has 0 aliphatic rings. The maximum absolute atomic E-state index is 12.8. The lowest BCUT2D eigenvalue weighted by Crippen LogP contribution is -2.30. The van der Waals surface area contributed by atoms with E-state index in [2.05, 4.69) is 34.6 Å². The van der Waals surface area contributed by atoms with Gasteiger partial charge in [0.2, 0.25) is 0 Å². The van der Waals surface area contributed by atoms with E-state index in [4.69, 9.17) is 14.2 Å². The molecule has 0 aromatic heterocycles. The van der Waals surface area contributed by atoms with E-state index in [0.29, 0.717) is 19.3 Å². The molecule has 0 aromatic rings. The lowest BCUT2D eigenvalue weighted by Gasteiger charge is -2.18. The fourth-order valence-corrected chi connectivity index (χ4v) is 8.87. The van der Waals surface area contributed by atoms with Crippen molar-refractivity contribution in [3.8, 4) is 0 Å². The average molecular weight is 906 g/mol. The second-order valence-electron chi connectivity index (χ2n) is 20.9. The van der Waals surface area contributed by atoms with Gasteiger partial charge in [-0.1, -0.05) is 285 Å². The van der Waals surface area contributed by atoms with Crippen molar-refractivity contribution in [2.45, 2.75) is 330 Å². The molecule has 6 nitrogen and oxygen atoms in total. The SMILES string of the molecule is CCCCCCCCCCCCCCCCCCC(=O)OC[C@@H](COC(=O)CCCCCCCCCCCCCCCCC(C)C)OC(=O)CCCCCCCCCCCCC(C)C. The van der Waals surface area contributed by atoms with Crippen LogP contribution in [0.5, 0.6) is 0 Å². The van der Waals surface area contributed by atoms with Crippen LogP contribution in [0.3, 0.4) is 0 Å². The van der Waals surface area contributed by atoms with E-state index in [1.165, 1.54) is 212 Å². The molecular formula is C58H112O6. The predicted molar refractivity (Wildman–Crippen MR) is 275 cm³/mol. The number of hydrogen-bond donors (Lipinski definition) is 0. The van der Waals surface area contributed by atoms with Crippen LogP contribution in [-0.4, -0.2) is 37.2 Å². The number of esters is 3. The number of hydrogen-bond acceptors (Lipinski definition) is 6. The summed E-state index contributed by atoms with van der Waals surface area (Å²) in [5.41, 5.74) is 0. The molecule has 1 atom stereocenters. The quantitative estimate of drug-likeness (QED) is 0.0344. The highest BCUT2D eigenvalue weighted by molar-refractivity contribution is 5.71. The standard InChI is InChI=1S/C58H112O6/c1-6-7-8-9-10-11-12-13-14-15-19-22-28-33-38-43-48-56(59)62-51-55(64-58(61)50-45-40-35-30-25-24-27-32-37-42-47-54(4)5)52-63-57(60)49-44-39-34-29-23-20-17-16-18-21-26-31-36-41-46-53(2)3/h53-55H,6-52H2,1-5H3/t55-/m0/s1. The maximum Gasteiger partial charge on any atom is 0.306 e. The van der Waals surface area contributed by atoms with Gasteiger partial charge in [-0.05, 0) is 31.1 Å². The van der Waals surface area contributed by atoms with E-state index in [9.17, 15) is 14.4 Å². The van der Waals surface area contributed by atoms with Crippen molar-refractivity contribution < 1.29 is 28.6 Å². The van der Waals surface area contributed by atoms with Crippen LogP contribution in [0.1, 0.15) is 324 Å². The van der Waals surface area contributed by atoms with Crippen LogP contribution in [0.15, 0.2) is 0 Å². The van der Waals surface area contributed by atoms with Gasteiger partial charge < -0.3 is 14.2 Å². The molecule has 380 valence electrons. The Kier molecular flexibility index (Phi) is 49.6. The van der Waals surface area contributed by atoms with Crippen molar-refractivity contribution in [1.82, 2.24) is 0 Å². The Bertz CT molecular complexity index is 978. The van der Waals surface area contributed by atoms with Crippen LogP contribution >= 0.6 is 0 Å². The maximum atomic E-state index is 12.8. The Balaban J connectivity index is 4.28. The van der Waals surface area contributed by atoms with Gasteiger partial charge in [0.05, 0.1) is 0 Å². The molecule has 0 aliphatic heterocycles. The summed E-state index contributed by atoms with van der Waals surface area (Å²) in [5, 5.41) is 0. The summed E-state index contributed by atoms with van der Waals surface area (Å²) in [6, 6.07) is 0. The molecule has 0 unspecified atom stereocenters. The van der Waals surface area contributed by atoms with Crippen LogP contribution < -0.4 is 0 Å². The topological polar surface area (TPSA) is 78.9 Å². The molecule has 0 radical (unpaired) electrons. The zero-order chi connectivity index (χ0) is 46.8. The van der Waals surface area contributed by atoms with Gasteiger partial charge in [-0.25, -0.2) is 0 Å². The summed E-state index contributed by atoms with van der Waals surface area (Å²) >= 11 is 0. The summed E-state index contributed by atoms with van der Waals surface area (Å²) in [4.78, 5) is 38.1. The smallest absolute Gasteiger partial charge is 0.306 e. The zero-order valence-corrected chi connectivity index (χ0v) is 43.9. The van der Waals surface area contributed by atoms with E-state index in [1.54, 1.807) is 0 Å². The molecule has 0 spiro atoms. The van der Waals surface area contributed by atoms with E-state index >= 15 is 0 Å². The highest BCUT2D eigenvalue weighted by Crippen LogP contribution is 2.18. The molecule has 0 saturated carbocycles. The fourth-order valence-electron chi connectivity index (χ4n) is 8.87. The van der Waals surface area contributed by atoms with Gasteiger partial charge in [0, 0.05) is 19.3 Å². The highest BCUT2D eigenvalue weighted by atomic mass is 16.6. The first-order valence-electron chi connectivity index (χ1n) is 28.7. The van der Waals surface area contributed by atoms with Crippen LogP contribution in [0.4, 0.5) is 0 Å². The highest BCUT2D eigenvalue weighted by Gasteiger charge is 2.19. The Labute approximate surface area is 399 Å². The van der Waals surface area contributed by atoms with Crippen molar-refractivity contribution in [3.05, 3.63) is 0 Å². The zero-order valence-electron chi connectivity index (χ0n) is 43.9. The Morgan fingerprint density at radius 1 is 0.297 bits per heavy atom. The van der Waals surface area contributed by atoms with Crippen molar-refractivity contribution in [2.75, 3.05) is 13.2 Å². The van der Waals surface area contributed by atoms with E-state index in [-0.39, 0.29) is 31.1 Å². The molecule has 0 amide bonds. The molecule has 0 N–H and O–H groups in total. The number of carbonyl (C=O) groups excluding carboxylic acids is 3. The van der Waals surface area contributed by atoms with Crippen LogP contribution in [0.2, 0.25) is 0 Å². The predicted octanol–water partition coefficient (Wildman–Crippen LogP) is 18.9. The van der Waals surface area contributed by atoms with Gasteiger partial charge in [0.15, 0.2) is 6.10 Å². The van der Waals surface area contributed by atoms with Gasteiger partial charge >= 0.3 is 17.9 Å². The van der Waals surface area contributed by atoms with Crippen molar-refractivity contribution in [1.29, 1.82) is 0 Å². The van der Waals surface area contributed by atoms with Crippen LogP contribution in [0, 0.1) is 11.8 Å². The minimum Gasteiger partial charge on any atom is -0.462 e. The lowest BCUT2D eigenvalue weighted by molar-refractivity contribution is -0.167. The van der Waals surface area contributed by atoms with Gasteiger partial charge in [0.1, 0.15) is 13.2 Å². The number of ether oxygens (including phenoxy) is 3. The summed E-state index contributed by atoms with van der Waals surface area (Å²) in [7, 11) is 0. The first-order valence-corrected chi connectivity index (χ1v) is 28.7. The number of rotatable bonds is 52. The number of unbranched alkanes of at least 4 members (excludes halogenated alkanes) is 37. The fraction of sp³-hybridized carbons (Fsp3) is 0.948. The van der Waals surface area contributed by atoms with Gasteiger partial charge in [-0.3, -0.25) is 14.4 Å². The Hall–Kier alpha value is -1.59. The van der Waals surface area contributed by atoms with Crippen molar-refractivity contribution in [2.24, 2.45) is 11.8 Å². The lowest BCUT2D eigenvalue weighted by atomic mass is 10.0. The Morgan fingerprint density at radius 3 is 0.766 bits per heavy atom. The third kappa shape index (κ3) is 51.4. The molecule has 0 heterocycles. The van der Waals surface area contributed by atoms with E-state index in [1.807, 2.05) is 0 Å². The first-order chi connectivity index (χ1) is 31.2. The summed E-state index contributed by atoms with van der Waals surface area (Å²) < 4.78 is 16.9. The normalized spacial score (nSPS) is 12.0. The van der Waals surface area contributed by atoms with Crippen molar-refractivity contribution in [3.63, 3.8) is 0 Å². The van der Waals surface area contributed by atoms with E-state index < -0.39 is 6.10 Å². The third-order valence-electron chi connectivity index (χ3n) is 13.2.